The van der Waals surface area contributed by atoms with E-state index < -0.39 is 0 Å². The number of benzene rings is 2. The molecule has 0 amide bonds. The molecule has 1 N–H and O–H groups in total. The van der Waals surface area contributed by atoms with Gasteiger partial charge in [-0.05, 0) is 41.7 Å². The zero-order chi connectivity index (χ0) is 14.2. The lowest BCUT2D eigenvalue weighted by molar-refractivity contribution is 1.19. The van der Waals surface area contributed by atoms with Gasteiger partial charge in [-0.1, -0.05) is 36.4 Å². The molecular weight excluding hydrogens is 276 g/mol. The van der Waals surface area contributed by atoms with Crippen molar-refractivity contribution in [3.8, 4) is 22.4 Å². The van der Waals surface area contributed by atoms with Gasteiger partial charge in [0.1, 0.15) is 0 Å². The number of anilines is 1. The van der Waals surface area contributed by atoms with Crippen molar-refractivity contribution in [2.45, 2.75) is 13.3 Å². The summed E-state index contributed by atoms with van der Waals surface area (Å²) in [4.78, 5) is 4.65. The number of nitrogens with zero attached hydrogens (tertiary/aromatic N) is 1. The van der Waals surface area contributed by atoms with Crippen molar-refractivity contribution in [1.29, 1.82) is 0 Å². The molecule has 2 nitrogen and oxygen atoms in total. The lowest BCUT2D eigenvalue weighted by atomic mass is 10.0. The Bertz CT molecular complexity index is 804. The first kappa shape index (κ1) is 12.6. The van der Waals surface area contributed by atoms with Gasteiger partial charge in [-0.15, -0.1) is 11.3 Å². The molecule has 0 saturated carbocycles. The molecule has 0 fully saturated rings. The van der Waals surface area contributed by atoms with Gasteiger partial charge < -0.3 is 5.32 Å². The van der Waals surface area contributed by atoms with E-state index in [1.54, 1.807) is 11.3 Å². The van der Waals surface area contributed by atoms with Crippen molar-refractivity contribution < 1.29 is 0 Å². The maximum absolute atomic E-state index is 4.65. The Morgan fingerprint density at radius 1 is 1.10 bits per heavy atom. The third kappa shape index (κ3) is 2.14. The number of thiazole rings is 1. The second-order valence-electron chi connectivity index (χ2n) is 5.27. The fraction of sp³-hybridized carbons (Fsp3) is 0.167. The molecule has 0 radical (unpaired) electrons. The molecule has 1 aliphatic rings. The predicted octanol–water partition coefficient (Wildman–Crippen LogP) is 4.81. The smallest absolute Gasteiger partial charge is 0.183 e. The van der Waals surface area contributed by atoms with E-state index in [0.717, 1.165) is 23.8 Å². The second-order valence-corrected chi connectivity index (χ2v) is 6.13. The van der Waals surface area contributed by atoms with E-state index in [9.17, 15) is 0 Å². The minimum absolute atomic E-state index is 0.909. The van der Waals surface area contributed by atoms with Crippen molar-refractivity contribution in [2.75, 3.05) is 11.9 Å². The van der Waals surface area contributed by atoms with Crippen LogP contribution in [-0.2, 0) is 6.42 Å². The Morgan fingerprint density at radius 3 is 2.86 bits per heavy atom. The Labute approximate surface area is 128 Å². The second kappa shape index (κ2) is 5.01. The molecular formula is C18H16N2S. The minimum atomic E-state index is 0.909. The molecule has 4 rings (SSSR count). The topological polar surface area (TPSA) is 24.9 Å². The van der Waals surface area contributed by atoms with Crippen LogP contribution >= 0.6 is 11.3 Å². The molecule has 1 aromatic heterocycles. The van der Waals surface area contributed by atoms with Crippen molar-refractivity contribution in [3.63, 3.8) is 0 Å². The van der Waals surface area contributed by atoms with Crippen molar-refractivity contribution in [3.05, 3.63) is 59.0 Å². The van der Waals surface area contributed by atoms with Crippen LogP contribution in [0.5, 0.6) is 0 Å². The lowest BCUT2D eigenvalue weighted by Gasteiger charge is -2.03. The first-order valence-corrected chi connectivity index (χ1v) is 8.14. The zero-order valence-electron chi connectivity index (χ0n) is 11.9. The van der Waals surface area contributed by atoms with E-state index in [0.29, 0.717) is 0 Å². The molecule has 0 aliphatic heterocycles. The predicted molar refractivity (Wildman–Crippen MR) is 90.0 cm³/mol. The van der Waals surface area contributed by atoms with Gasteiger partial charge in [-0.3, -0.25) is 0 Å². The van der Waals surface area contributed by atoms with Gasteiger partial charge >= 0.3 is 0 Å². The number of nitrogens with one attached hydrogen (secondary N) is 1. The van der Waals surface area contributed by atoms with E-state index in [-0.39, 0.29) is 0 Å². The first-order chi connectivity index (χ1) is 10.3. The number of hydrogen-bond acceptors (Lipinski definition) is 3. The van der Waals surface area contributed by atoms with Crippen molar-refractivity contribution in [1.82, 2.24) is 4.98 Å². The number of aromatic nitrogens is 1. The van der Waals surface area contributed by atoms with Crippen LogP contribution < -0.4 is 5.32 Å². The number of fused-ring (bicyclic) bond motifs is 3. The summed E-state index contributed by atoms with van der Waals surface area (Å²) in [5.41, 5.74) is 7.86. The van der Waals surface area contributed by atoms with Crippen LogP contribution in [0.2, 0.25) is 0 Å². The standard InChI is InChI=1S/C18H16N2S/c1-2-19-18-20-17(11-21-18)13-7-8-16-14(10-13)9-12-5-3-4-6-15(12)16/h3-8,10-11H,2,9H2,1H3,(H,19,20). The summed E-state index contributed by atoms with van der Waals surface area (Å²) in [7, 11) is 0. The quantitative estimate of drug-likeness (QED) is 0.586. The Balaban J connectivity index is 1.72. The van der Waals surface area contributed by atoms with E-state index in [1.807, 2.05) is 0 Å². The molecule has 1 heterocycles. The van der Waals surface area contributed by atoms with E-state index in [2.05, 4.69) is 65.1 Å². The third-order valence-corrected chi connectivity index (χ3v) is 4.72. The van der Waals surface area contributed by atoms with Crippen LogP contribution in [0.25, 0.3) is 22.4 Å². The fourth-order valence-corrected chi connectivity index (χ4v) is 3.73. The van der Waals surface area contributed by atoms with Gasteiger partial charge in [0, 0.05) is 17.5 Å². The Morgan fingerprint density at radius 2 is 1.95 bits per heavy atom. The highest BCUT2D eigenvalue weighted by Gasteiger charge is 2.18. The van der Waals surface area contributed by atoms with Gasteiger partial charge in [0.15, 0.2) is 5.13 Å². The van der Waals surface area contributed by atoms with E-state index >= 15 is 0 Å². The number of rotatable bonds is 3. The fourth-order valence-electron chi connectivity index (χ4n) is 2.94. The Hall–Kier alpha value is -2.13. The highest BCUT2D eigenvalue weighted by Crippen LogP contribution is 2.38. The summed E-state index contributed by atoms with van der Waals surface area (Å²) in [6.07, 6.45) is 1.03. The monoisotopic (exact) mass is 292 g/mol. The molecule has 0 saturated heterocycles. The van der Waals surface area contributed by atoms with E-state index in [4.69, 9.17) is 0 Å². The van der Waals surface area contributed by atoms with Crippen LogP contribution in [-0.4, -0.2) is 11.5 Å². The Kier molecular flexibility index (Phi) is 3.00. The van der Waals surface area contributed by atoms with Crippen LogP contribution in [0.3, 0.4) is 0 Å². The maximum Gasteiger partial charge on any atom is 0.183 e. The highest BCUT2D eigenvalue weighted by atomic mass is 32.1. The summed E-state index contributed by atoms with van der Waals surface area (Å²) in [6.45, 7) is 3.00. The average molecular weight is 292 g/mol. The minimum Gasteiger partial charge on any atom is -0.362 e. The molecule has 21 heavy (non-hydrogen) atoms. The first-order valence-electron chi connectivity index (χ1n) is 7.26. The SMILES string of the molecule is CCNc1nc(-c2ccc3c(c2)Cc2ccccc2-3)cs1. The molecule has 0 unspecified atom stereocenters. The van der Waals surface area contributed by atoms with Crippen molar-refractivity contribution >= 4 is 16.5 Å². The lowest BCUT2D eigenvalue weighted by Crippen LogP contribution is -1.95. The molecule has 0 bridgehead atoms. The molecule has 3 aromatic rings. The van der Waals surface area contributed by atoms with Crippen LogP contribution in [0.1, 0.15) is 18.1 Å². The highest BCUT2D eigenvalue weighted by molar-refractivity contribution is 7.14. The molecule has 104 valence electrons. The van der Waals surface area contributed by atoms with Gasteiger partial charge in [0.05, 0.1) is 5.69 Å². The van der Waals surface area contributed by atoms with Crippen LogP contribution in [0.15, 0.2) is 47.8 Å². The van der Waals surface area contributed by atoms with E-state index in [1.165, 1.54) is 27.8 Å². The normalized spacial score (nSPS) is 12.0. The summed E-state index contributed by atoms with van der Waals surface area (Å²) < 4.78 is 0. The summed E-state index contributed by atoms with van der Waals surface area (Å²) in [5.74, 6) is 0. The summed E-state index contributed by atoms with van der Waals surface area (Å²) in [5, 5.41) is 6.39. The summed E-state index contributed by atoms with van der Waals surface area (Å²) >= 11 is 1.67. The molecule has 3 heteroatoms. The van der Waals surface area contributed by atoms with Gasteiger partial charge in [0.25, 0.3) is 0 Å². The van der Waals surface area contributed by atoms with Gasteiger partial charge in [-0.25, -0.2) is 4.98 Å². The average Bonchev–Trinajstić information content (AvgIpc) is 3.11. The molecule has 0 spiro atoms. The van der Waals surface area contributed by atoms with Gasteiger partial charge in [-0.2, -0.15) is 0 Å². The molecule has 2 aromatic carbocycles. The van der Waals surface area contributed by atoms with Crippen molar-refractivity contribution in [2.24, 2.45) is 0 Å². The molecule has 0 atom stereocenters. The molecule has 1 aliphatic carbocycles. The largest absolute Gasteiger partial charge is 0.362 e. The third-order valence-electron chi connectivity index (χ3n) is 3.92. The van der Waals surface area contributed by atoms with Gasteiger partial charge in [0.2, 0.25) is 0 Å². The van der Waals surface area contributed by atoms with Crippen LogP contribution in [0.4, 0.5) is 5.13 Å². The van der Waals surface area contributed by atoms with Crippen LogP contribution in [0, 0.1) is 0 Å². The maximum atomic E-state index is 4.65. The zero-order valence-corrected chi connectivity index (χ0v) is 12.7. The number of hydrogen-bond donors (Lipinski definition) is 1. The summed E-state index contributed by atoms with van der Waals surface area (Å²) in [6, 6.07) is 15.4.